The molecular weight excluding hydrogens is 328 g/mol. The number of nitrogens with zero attached hydrogens (tertiary/aromatic N) is 2. The van der Waals surface area contributed by atoms with Gasteiger partial charge in [0.25, 0.3) is 0 Å². The molecule has 0 saturated carbocycles. The third-order valence-corrected chi connectivity index (χ3v) is 3.48. The highest BCUT2D eigenvalue weighted by Crippen LogP contribution is 2.26. The van der Waals surface area contributed by atoms with Crippen LogP contribution in [0.25, 0.3) is 0 Å². The van der Waals surface area contributed by atoms with Crippen molar-refractivity contribution in [2.75, 3.05) is 34.1 Å². The first kappa shape index (κ1) is 21.5. The van der Waals surface area contributed by atoms with Gasteiger partial charge >= 0.3 is 12.2 Å². The molecule has 2 atom stereocenters. The average molecular weight is 360 g/mol. The number of rotatable bonds is 4. The number of carbonyl (C=O) groups excluding carboxylic acids is 2. The molecule has 0 aromatic rings. The maximum absolute atomic E-state index is 12.6. The lowest BCUT2D eigenvalue weighted by atomic mass is 10.1. The predicted molar refractivity (Wildman–Crippen MR) is 92.3 cm³/mol. The van der Waals surface area contributed by atoms with Gasteiger partial charge in [-0.25, -0.2) is 9.59 Å². The third kappa shape index (κ3) is 6.36. The molecule has 0 unspecified atom stereocenters. The first-order chi connectivity index (χ1) is 11.4. The first-order valence-corrected chi connectivity index (χ1v) is 8.36. The van der Waals surface area contributed by atoms with E-state index in [0.29, 0.717) is 0 Å². The molecule has 0 aromatic carbocycles. The molecule has 0 aromatic heterocycles. The smallest absolute Gasteiger partial charge is 0.412 e. The molecule has 0 spiro atoms. The SMILES string of the molecule is COC[C@@H]1[C@@H](COC)N(C(=O)OC(C)(C)C)CN1C(=O)OC(C)(C)C. The molecule has 1 heterocycles. The summed E-state index contributed by atoms with van der Waals surface area (Å²) >= 11 is 0. The normalized spacial score (nSPS) is 21.4. The van der Waals surface area contributed by atoms with Gasteiger partial charge < -0.3 is 18.9 Å². The van der Waals surface area contributed by atoms with Crippen molar-refractivity contribution in [1.29, 1.82) is 0 Å². The topological polar surface area (TPSA) is 77.5 Å². The maximum Gasteiger partial charge on any atom is 0.412 e. The maximum atomic E-state index is 12.6. The van der Waals surface area contributed by atoms with Gasteiger partial charge in [0.15, 0.2) is 0 Å². The van der Waals surface area contributed by atoms with Gasteiger partial charge in [-0.05, 0) is 41.5 Å². The Hall–Kier alpha value is -1.54. The summed E-state index contributed by atoms with van der Waals surface area (Å²) in [5.41, 5.74) is -1.27. The van der Waals surface area contributed by atoms with Crippen molar-refractivity contribution in [3.8, 4) is 0 Å². The Labute approximate surface area is 150 Å². The van der Waals surface area contributed by atoms with Crippen LogP contribution in [0.15, 0.2) is 0 Å². The highest BCUT2D eigenvalue weighted by molar-refractivity contribution is 5.73. The largest absolute Gasteiger partial charge is 0.444 e. The van der Waals surface area contributed by atoms with Crippen molar-refractivity contribution in [2.45, 2.75) is 64.8 Å². The second kappa shape index (κ2) is 8.23. The molecule has 146 valence electrons. The van der Waals surface area contributed by atoms with E-state index in [4.69, 9.17) is 18.9 Å². The second-order valence-electron chi connectivity index (χ2n) is 8.09. The molecule has 1 fully saturated rings. The molecule has 1 saturated heterocycles. The fraction of sp³-hybridized carbons (Fsp3) is 0.882. The number of hydrogen-bond acceptors (Lipinski definition) is 6. The molecule has 8 nitrogen and oxygen atoms in total. The lowest BCUT2D eigenvalue weighted by molar-refractivity contribution is 0.0105. The number of methoxy groups -OCH3 is 2. The average Bonchev–Trinajstić information content (AvgIpc) is 2.75. The minimum atomic E-state index is -0.634. The molecule has 0 N–H and O–H groups in total. The Morgan fingerprint density at radius 3 is 1.36 bits per heavy atom. The van der Waals surface area contributed by atoms with Crippen LogP contribution in [0, 0.1) is 0 Å². The minimum absolute atomic E-state index is 0.0614. The summed E-state index contributed by atoms with van der Waals surface area (Å²) in [6.07, 6.45) is -0.997. The van der Waals surface area contributed by atoms with Crippen LogP contribution in [-0.2, 0) is 18.9 Å². The second-order valence-corrected chi connectivity index (χ2v) is 8.09. The lowest BCUT2D eigenvalue weighted by Crippen LogP contribution is -2.47. The summed E-state index contributed by atoms with van der Waals surface area (Å²) in [5.74, 6) is 0. The Morgan fingerprint density at radius 2 is 1.12 bits per heavy atom. The van der Waals surface area contributed by atoms with Gasteiger partial charge in [-0.3, -0.25) is 9.80 Å². The van der Waals surface area contributed by atoms with E-state index in [1.165, 1.54) is 9.80 Å². The van der Waals surface area contributed by atoms with Gasteiger partial charge in [-0.1, -0.05) is 0 Å². The van der Waals surface area contributed by atoms with Crippen LogP contribution in [0.5, 0.6) is 0 Å². The number of ether oxygens (including phenoxy) is 4. The third-order valence-electron chi connectivity index (χ3n) is 3.48. The van der Waals surface area contributed by atoms with E-state index in [0.717, 1.165) is 0 Å². The van der Waals surface area contributed by atoms with Crippen LogP contribution in [0.4, 0.5) is 9.59 Å². The summed E-state index contributed by atoms with van der Waals surface area (Å²) in [7, 11) is 3.10. The minimum Gasteiger partial charge on any atom is -0.444 e. The van der Waals surface area contributed by atoms with E-state index in [-0.39, 0.29) is 32.0 Å². The van der Waals surface area contributed by atoms with E-state index in [9.17, 15) is 9.59 Å². The van der Waals surface area contributed by atoms with Crippen LogP contribution in [0.3, 0.4) is 0 Å². The summed E-state index contributed by atoms with van der Waals surface area (Å²) < 4.78 is 21.4. The highest BCUT2D eigenvalue weighted by Gasteiger charge is 2.47. The molecule has 1 aliphatic rings. The number of hydrogen-bond donors (Lipinski definition) is 0. The van der Waals surface area contributed by atoms with Gasteiger partial charge in [0.2, 0.25) is 0 Å². The fourth-order valence-electron chi connectivity index (χ4n) is 2.56. The van der Waals surface area contributed by atoms with Crippen LogP contribution in [0.2, 0.25) is 0 Å². The van der Waals surface area contributed by atoms with E-state index in [1.54, 1.807) is 55.8 Å². The quantitative estimate of drug-likeness (QED) is 0.766. The Morgan fingerprint density at radius 1 is 0.800 bits per heavy atom. The molecule has 0 aliphatic carbocycles. The van der Waals surface area contributed by atoms with Gasteiger partial charge in [0.1, 0.15) is 17.9 Å². The highest BCUT2D eigenvalue weighted by atomic mass is 16.6. The molecule has 1 aliphatic heterocycles. The molecular formula is C17H32N2O6. The van der Waals surface area contributed by atoms with Crippen molar-refractivity contribution in [3.05, 3.63) is 0 Å². The van der Waals surface area contributed by atoms with Gasteiger partial charge in [0.05, 0.1) is 25.3 Å². The van der Waals surface area contributed by atoms with Crippen molar-refractivity contribution >= 4 is 12.2 Å². The Kier molecular flexibility index (Phi) is 7.08. The fourth-order valence-corrected chi connectivity index (χ4v) is 2.56. The molecule has 0 radical (unpaired) electrons. The summed E-state index contributed by atoms with van der Waals surface area (Å²) in [6.45, 7) is 11.4. The van der Waals surface area contributed by atoms with Gasteiger partial charge in [0, 0.05) is 14.2 Å². The van der Waals surface area contributed by atoms with E-state index < -0.39 is 23.4 Å². The molecule has 8 heteroatoms. The zero-order valence-electron chi connectivity index (χ0n) is 16.6. The standard InChI is InChI=1S/C17H32N2O6/c1-16(2,3)24-14(20)18-11-19(15(21)25-17(4,5)6)13(10-23-8)12(18)9-22-7/h12-13H,9-11H2,1-8H3/t12-,13-/m1/s1. The summed E-state index contributed by atoms with van der Waals surface area (Å²) in [5, 5.41) is 0. The number of amides is 2. The monoisotopic (exact) mass is 360 g/mol. The van der Waals surface area contributed by atoms with Gasteiger partial charge in [-0.15, -0.1) is 0 Å². The van der Waals surface area contributed by atoms with Crippen LogP contribution >= 0.6 is 0 Å². The zero-order chi connectivity index (χ0) is 19.4. The van der Waals surface area contributed by atoms with Gasteiger partial charge in [-0.2, -0.15) is 0 Å². The molecule has 2 amide bonds. The summed E-state index contributed by atoms with van der Waals surface area (Å²) in [4.78, 5) is 28.1. The zero-order valence-corrected chi connectivity index (χ0v) is 16.6. The van der Waals surface area contributed by atoms with Crippen molar-refractivity contribution in [1.82, 2.24) is 9.80 Å². The van der Waals surface area contributed by atoms with Crippen LogP contribution in [0.1, 0.15) is 41.5 Å². The van der Waals surface area contributed by atoms with E-state index >= 15 is 0 Å². The first-order valence-electron chi connectivity index (χ1n) is 8.36. The molecule has 0 bridgehead atoms. The van der Waals surface area contributed by atoms with E-state index in [2.05, 4.69) is 0 Å². The van der Waals surface area contributed by atoms with Crippen molar-refractivity contribution in [2.24, 2.45) is 0 Å². The predicted octanol–water partition coefficient (Wildman–Crippen LogP) is 2.46. The van der Waals surface area contributed by atoms with Crippen molar-refractivity contribution < 1.29 is 28.5 Å². The van der Waals surface area contributed by atoms with Crippen LogP contribution < -0.4 is 0 Å². The van der Waals surface area contributed by atoms with Crippen LogP contribution in [-0.4, -0.2) is 79.4 Å². The number of carbonyl (C=O) groups is 2. The van der Waals surface area contributed by atoms with E-state index in [1.807, 2.05) is 0 Å². The summed E-state index contributed by atoms with van der Waals surface area (Å²) in [6, 6.07) is -0.764. The Balaban J connectivity index is 3.05. The lowest BCUT2D eigenvalue weighted by Gasteiger charge is -2.29. The van der Waals surface area contributed by atoms with Crippen molar-refractivity contribution in [3.63, 3.8) is 0 Å². The molecule has 25 heavy (non-hydrogen) atoms. The molecule has 1 rings (SSSR count). The Bertz CT molecular complexity index is 427.